The standard InChI is InChI=1S/C17H25F2N/c1-2-3-13-4-6-17(12-20,7-5-13)11-14-8-15(18)10-16(19)9-14/h8-10,13H,2-7,11-12,20H2,1H3. The van der Waals surface area contributed by atoms with Crippen LogP contribution in [-0.2, 0) is 6.42 Å². The monoisotopic (exact) mass is 281 g/mol. The van der Waals surface area contributed by atoms with Gasteiger partial charge in [0, 0.05) is 6.07 Å². The van der Waals surface area contributed by atoms with Gasteiger partial charge in [0.15, 0.2) is 0 Å². The summed E-state index contributed by atoms with van der Waals surface area (Å²) in [6, 6.07) is 3.81. The molecule has 1 aliphatic carbocycles. The third kappa shape index (κ3) is 3.78. The highest BCUT2D eigenvalue weighted by atomic mass is 19.1. The summed E-state index contributed by atoms with van der Waals surface area (Å²) in [6.07, 6.45) is 7.76. The van der Waals surface area contributed by atoms with Gasteiger partial charge in [-0.15, -0.1) is 0 Å². The van der Waals surface area contributed by atoms with Crippen molar-refractivity contribution in [1.29, 1.82) is 0 Å². The number of halogens is 2. The Kier molecular flexibility index (Phi) is 5.14. The van der Waals surface area contributed by atoms with Crippen LogP contribution in [0.3, 0.4) is 0 Å². The van der Waals surface area contributed by atoms with Crippen molar-refractivity contribution in [2.75, 3.05) is 6.54 Å². The maximum absolute atomic E-state index is 13.3. The van der Waals surface area contributed by atoms with Gasteiger partial charge >= 0.3 is 0 Å². The average molecular weight is 281 g/mol. The van der Waals surface area contributed by atoms with Crippen LogP contribution < -0.4 is 5.73 Å². The molecular weight excluding hydrogens is 256 g/mol. The van der Waals surface area contributed by atoms with E-state index in [1.807, 2.05) is 0 Å². The van der Waals surface area contributed by atoms with Crippen molar-refractivity contribution >= 4 is 0 Å². The van der Waals surface area contributed by atoms with Crippen LogP contribution >= 0.6 is 0 Å². The highest BCUT2D eigenvalue weighted by molar-refractivity contribution is 5.20. The maximum atomic E-state index is 13.3. The molecular formula is C17H25F2N. The minimum atomic E-state index is -0.494. The van der Waals surface area contributed by atoms with E-state index in [-0.39, 0.29) is 5.41 Å². The molecule has 20 heavy (non-hydrogen) atoms. The first-order valence-corrected chi connectivity index (χ1v) is 7.72. The van der Waals surface area contributed by atoms with Crippen molar-refractivity contribution in [2.24, 2.45) is 17.1 Å². The van der Waals surface area contributed by atoms with Crippen molar-refractivity contribution in [3.05, 3.63) is 35.4 Å². The van der Waals surface area contributed by atoms with E-state index in [9.17, 15) is 8.78 Å². The second kappa shape index (κ2) is 6.66. The molecule has 0 atom stereocenters. The Balaban J connectivity index is 2.05. The van der Waals surface area contributed by atoms with E-state index in [0.717, 1.165) is 30.4 Å². The first-order valence-electron chi connectivity index (χ1n) is 7.72. The smallest absolute Gasteiger partial charge is 0.126 e. The lowest BCUT2D eigenvalue weighted by Gasteiger charge is -2.39. The molecule has 112 valence electrons. The molecule has 0 bridgehead atoms. The zero-order chi connectivity index (χ0) is 14.6. The number of hydrogen-bond donors (Lipinski definition) is 1. The van der Waals surface area contributed by atoms with Gasteiger partial charge in [-0.25, -0.2) is 8.78 Å². The number of benzene rings is 1. The summed E-state index contributed by atoms with van der Waals surface area (Å²) in [5, 5.41) is 0. The van der Waals surface area contributed by atoms with E-state index >= 15 is 0 Å². The SMILES string of the molecule is CCCC1CCC(CN)(Cc2cc(F)cc(F)c2)CC1. The van der Waals surface area contributed by atoms with E-state index in [1.165, 1.54) is 37.8 Å². The Morgan fingerprint density at radius 2 is 1.75 bits per heavy atom. The summed E-state index contributed by atoms with van der Waals surface area (Å²) in [5.74, 6) is -0.178. The van der Waals surface area contributed by atoms with E-state index in [2.05, 4.69) is 6.92 Å². The van der Waals surface area contributed by atoms with Crippen molar-refractivity contribution in [2.45, 2.75) is 51.9 Å². The zero-order valence-corrected chi connectivity index (χ0v) is 12.3. The van der Waals surface area contributed by atoms with Gasteiger partial charge in [-0.2, -0.15) is 0 Å². The molecule has 0 amide bonds. The summed E-state index contributed by atoms with van der Waals surface area (Å²) >= 11 is 0. The first-order chi connectivity index (χ1) is 9.57. The van der Waals surface area contributed by atoms with Gasteiger partial charge in [-0.3, -0.25) is 0 Å². The van der Waals surface area contributed by atoms with Crippen LogP contribution in [0.1, 0.15) is 51.0 Å². The van der Waals surface area contributed by atoms with Gasteiger partial charge < -0.3 is 5.73 Å². The summed E-state index contributed by atoms with van der Waals surface area (Å²) in [5.41, 5.74) is 6.76. The van der Waals surface area contributed by atoms with Gasteiger partial charge in [0.25, 0.3) is 0 Å². The summed E-state index contributed by atoms with van der Waals surface area (Å²) in [4.78, 5) is 0. The molecule has 0 spiro atoms. The van der Waals surface area contributed by atoms with Gasteiger partial charge in [-0.05, 0) is 67.7 Å². The van der Waals surface area contributed by atoms with Crippen molar-refractivity contribution in [1.82, 2.24) is 0 Å². The van der Waals surface area contributed by atoms with Gasteiger partial charge in [0.1, 0.15) is 11.6 Å². The number of hydrogen-bond acceptors (Lipinski definition) is 1. The van der Waals surface area contributed by atoms with Crippen molar-refractivity contribution in [3.63, 3.8) is 0 Å². The quantitative estimate of drug-likeness (QED) is 0.848. The lowest BCUT2D eigenvalue weighted by Crippen LogP contribution is -2.37. The predicted octanol–water partition coefficient (Wildman–Crippen LogP) is 4.44. The second-order valence-electron chi connectivity index (χ2n) is 6.39. The van der Waals surface area contributed by atoms with Crippen LogP contribution in [0, 0.1) is 23.0 Å². The molecule has 0 saturated heterocycles. The molecule has 1 fully saturated rings. The Bertz CT molecular complexity index is 416. The molecule has 0 aliphatic heterocycles. The normalized spacial score (nSPS) is 26.7. The summed E-state index contributed by atoms with van der Waals surface area (Å²) in [6.45, 7) is 2.82. The van der Waals surface area contributed by atoms with E-state index in [0.29, 0.717) is 13.0 Å². The van der Waals surface area contributed by atoms with Crippen LogP contribution in [0.4, 0.5) is 8.78 Å². The van der Waals surface area contributed by atoms with Crippen LogP contribution in [0.15, 0.2) is 18.2 Å². The fraction of sp³-hybridized carbons (Fsp3) is 0.647. The molecule has 2 N–H and O–H groups in total. The van der Waals surface area contributed by atoms with Gasteiger partial charge in [-0.1, -0.05) is 19.8 Å². The van der Waals surface area contributed by atoms with Gasteiger partial charge in [0.2, 0.25) is 0 Å². The second-order valence-corrected chi connectivity index (χ2v) is 6.39. The third-order valence-corrected chi connectivity index (χ3v) is 4.80. The van der Waals surface area contributed by atoms with Crippen molar-refractivity contribution < 1.29 is 8.78 Å². The Hall–Kier alpha value is -0.960. The topological polar surface area (TPSA) is 26.0 Å². The molecule has 0 unspecified atom stereocenters. The largest absolute Gasteiger partial charge is 0.330 e. The Labute approximate surface area is 120 Å². The number of rotatable bonds is 5. The van der Waals surface area contributed by atoms with Crippen LogP contribution in [-0.4, -0.2) is 6.54 Å². The summed E-state index contributed by atoms with van der Waals surface area (Å²) in [7, 11) is 0. The van der Waals surface area contributed by atoms with Crippen LogP contribution in [0.2, 0.25) is 0 Å². The van der Waals surface area contributed by atoms with E-state index < -0.39 is 11.6 Å². The highest BCUT2D eigenvalue weighted by Crippen LogP contribution is 2.42. The van der Waals surface area contributed by atoms with Gasteiger partial charge in [0.05, 0.1) is 0 Å². The minimum Gasteiger partial charge on any atom is -0.330 e. The molecule has 1 aromatic carbocycles. The Morgan fingerprint density at radius 3 is 2.25 bits per heavy atom. The van der Waals surface area contributed by atoms with Crippen LogP contribution in [0.5, 0.6) is 0 Å². The minimum absolute atomic E-state index is 0.0322. The fourth-order valence-corrected chi connectivity index (χ4v) is 3.59. The lowest BCUT2D eigenvalue weighted by molar-refractivity contribution is 0.150. The molecule has 3 heteroatoms. The molecule has 2 rings (SSSR count). The fourth-order valence-electron chi connectivity index (χ4n) is 3.59. The molecule has 0 radical (unpaired) electrons. The highest BCUT2D eigenvalue weighted by Gasteiger charge is 2.34. The lowest BCUT2D eigenvalue weighted by atomic mass is 9.67. The predicted molar refractivity (Wildman–Crippen MR) is 78.4 cm³/mol. The molecule has 0 aromatic heterocycles. The molecule has 1 saturated carbocycles. The first kappa shape index (κ1) is 15.4. The zero-order valence-electron chi connectivity index (χ0n) is 12.3. The molecule has 0 heterocycles. The molecule has 1 nitrogen and oxygen atoms in total. The van der Waals surface area contributed by atoms with E-state index in [4.69, 9.17) is 5.73 Å². The number of nitrogens with two attached hydrogens (primary N) is 1. The molecule has 1 aliphatic rings. The summed E-state index contributed by atoms with van der Waals surface area (Å²) < 4.78 is 26.6. The maximum Gasteiger partial charge on any atom is 0.126 e. The van der Waals surface area contributed by atoms with E-state index in [1.54, 1.807) is 0 Å². The third-order valence-electron chi connectivity index (χ3n) is 4.80. The Morgan fingerprint density at radius 1 is 1.15 bits per heavy atom. The molecule has 1 aromatic rings. The van der Waals surface area contributed by atoms with Crippen LogP contribution in [0.25, 0.3) is 0 Å². The average Bonchev–Trinajstić information content (AvgIpc) is 2.40. The van der Waals surface area contributed by atoms with Crippen molar-refractivity contribution in [3.8, 4) is 0 Å².